The van der Waals surface area contributed by atoms with Crippen LogP contribution < -0.4 is 9.64 Å². The van der Waals surface area contributed by atoms with Crippen LogP contribution in [0.3, 0.4) is 0 Å². The van der Waals surface area contributed by atoms with Crippen LogP contribution in [0.25, 0.3) is 16.8 Å². The molecule has 0 spiro atoms. The Labute approximate surface area is 174 Å². The van der Waals surface area contributed by atoms with E-state index in [1.807, 2.05) is 74.5 Å². The van der Waals surface area contributed by atoms with E-state index < -0.39 is 0 Å². The molecule has 0 aliphatic carbocycles. The Morgan fingerprint density at radius 2 is 1.82 bits per heavy atom. The largest absolute Gasteiger partial charge is 0.493 e. The lowest BCUT2D eigenvalue weighted by atomic mass is 10.0. The molecule has 1 aliphatic heterocycles. The summed E-state index contributed by atoms with van der Waals surface area (Å²) >= 11 is 6.86. The van der Waals surface area contributed by atoms with Crippen molar-refractivity contribution >= 4 is 56.7 Å². The highest BCUT2D eigenvalue weighted by molar-refractivity contribution is 8.27. The number of amides is 1. The SMILES string of the molecule is CCOc1ccc2ccccc2c1/C=C1/SC(=S)N(c2ccccc2C)C1=O. The average Bonchev–Trinajstić information content (AvgIpc) is 2.97. The van der Waals surface area contributed by atoms with E-state index in [1.165, 1.54) is 11.8 Å². The second kappa shape index (κ2) is 7.78. The molecular formula is C23H19NO2S2. The van der Waals surface area contributed by atoms with Crippen LogP contribution in [-0.4, -0.2) is 16.8 Å². The van der Waals surface area contributed by atoms with Crippen molar-refractivity contribution in [1.82, 2.24) is 0 Å². The van der Waals surface area contributed by atoms with Crippen LogP contribution in [0, 0.1) is 6.92 Å². The van der Waals surface area contributed by atoms with Crippen molar-refractivity contribution in [3.63, 3.8) is 0 Å². The Kier molecular flexibility index (Phi) is 5.20. The number of anilines is 1. The lowest BCUT2D eigenvalue weighted by Gasteiger charge is -2.16. The number of thiocarbonyl (C=S) groups is 1. The molecule has 1 fully saturated rings. The van der Waals surface area contributed by atoms with Gasteiger partial charge in [-0.15, -0.1) is 0 Å². The van der Waals surface area contributed by atoms with Crippen molar-refractivity contribution in [3.05, 3.63) is 76.7 Å². The number of hydrogen-bond donors (Lipinski definition) is 0. The first-order valence-electron chi connectivity index (χ1n) is 9.08. The fourth-order valence-electron chi connectivity index (χ4n) is 3.33. The van der Waals surface area contributed by atoms with Crippen LogP contribution in [0.4, 0.5) is 5.69 Å². The Balaban J connectivity index is 1.82. The molecule has 0 radical (unpaired) electrons. The zero-order valence-corrected chi connectivity index (χ0v) is 17.3. The third-order valence-corrected chi connectivity index (χ3v) is 5.96. The fourth-order valence-corrected chi connectivity index (χ4v) is 4.59. The molecule has 3 aromatic rings. The van der Waals surface area contributed by atoms with E-state index in [2.05, 4.69) is 6.07 Å². The van der Waals surface area contributed by atoms with Crippen molar-refractivity contribution < 1.29 is 9.53 Å². The summed E-state index contributed by atoms with van der Waals surface area (Å²) in [5.74, 6) is 0.669. The number of benzene rings is 3. The van der Waals surface area contributed by atoms with Gasteiger partial charge in [0.25, 0.3) is 5.91 Å². The van der Waals surface area contributed by atoms with E-state index in [-0.39, 0.29) is 5.91 Å². The van der Waals surface area contributed by atoms with Gasteiger partial charge < -0.3 is 4.74 Å². The van der Waals surface area contributed by atoms with Crippen LogP contribution in [0.5, 0.6) is 5.75 Å². The molecule has 1 aliphatic rings. The van der Waals surface area contributed by atoms with Crippen LogP contribution in [0.1, 0.15) is 18.1 Å². The zero-order valence-electron chi connectivity index (χ0n) is 15.6. The van der Waals surface area contributed by atoms with Gasteiger partial charge in [0.1, 0.15) is 5.75 Å². The number of hydrogen-bond acceptors (Lipinski definition) is 4. The number of carbonyl (C=O) groups excluding carboxylic acids is 1. The summed E-state index contributed by atoms with van der Waals surface area (Å²) in [6.45, 7) is 4.50. The van der Waals surface area contributed by atoms with E-state index in [0.29, 0.717) is 15.8 Å². The van der Waals surface area contributed by atoms with Gasteiger partial charge >= 0.3 is 0 Å². The molecule has 1 heterocycles. The van der Waals surface area contributed by atoms with Gasteiger partial charge in [-0.3, -0.25) is 9.69 Å². The lowest BCUT2D eigenvalue weighted by molar-refractivity contribution is -0.113. The smallest absolute Gasteiger partial charge is 0.270 e. The third kappa shape index (κ3) is 3.32. The third-order valence-electron chi connectivity index (χ3n) is 4.66. The van der Waals surface area contributed by atoms with Gasteiger partial charge in [-0.2, -0.15) is 0 Å². The first-order chi connectivity index (χ1) is 13.6. The number of carbonyl (C=O) groups is 1. The number of aryl methyl sites for hydroxylation is 1. The van der Waals surface area contributed by atoms with Crippen LogP contribution in [-0.2, 0) is 4.79 Å². The average molecular weight is 406 g/mol. The maximum atomic E-state index is 13.2. The van der Waals surface area contributed by atoms with E-state index in [0.717, 1.165) is 33.3 Å². The maximum Gasteiger partial charge on any atom is 0.270 e. The summed E-state index contributed by atoms with van der Waals surface area (Å²) in [6, 6.07) is 19.9. The number of ether oxygens (including phenoxy) is 1. The minimum absolute atomic E-state index is 0.0975. The van der Waals surface area contributed by atoms with Crippen LogP contribution >= 0.6 is 24.0 Å². The Bertz CT molecular complexity index is 1120. The molecule has 3 aromatic carbocycles. The maximum absolute atomic E-state index is 13.2. The predicted molar refractivity (Wildman–Crippen MR) is 122 cm³/mol. The Hall–Kier alpha value is -2.63. The first kappa shape index (κ1) is 18.7. The number of fused-ring (bicyclic) bond motifs is 1. The zero-order chi connectivity index (χ0) is 19.7. The van der Waals surface area contributed by atoms with E-state index >= 15 is 0 Å². The summed E-state index contributed by atoms with van der Waals surface area (Å²) in [4.78, 5) is 15.4. The minimum atomic E-state index is -0.0975. The second-order valence-electron chi connectivity index (χ2n) is 6.44. The summed E-state index contributed by atoms with van der Waals surface area (Å²) in [7, 11) is 0. The topological polar surface area (TPSA) is 29.5 Å². The van der Waals surface area contributed by atoms with E-state index in [4.69, 9.17) is 17.0 Å². The molecular weight excluding hydrogens is 386 g/mol. The molecule has 1 amide bonds. The van der Waals surface area contributed by atoms with Crippen LogP contribution in [0.2, 0.25) is 0 Å². The molecule has 4 rings (SSSR count). The van der Waals surface area contributed by atoms with Crippen molar-refractivity contribution in [3.8, 4) is 5.75 Å². The molecule has 0 aromatic heterocycles. The first-order valence-corrected chi connectivity index (χ1v) is 10.3. The standard InChI is InChI=1S/C23H19NO2S2/c1-3-26-20-13-12-16-9-5-6-10-17(16)18(20)14-21-22(25)24(23(27)28-21)19-11-7-4-8-15(19)2/h4-14H,3H2,1-2H3/b21-14+. The molecule has 0 saturated carbocycles. The molecule has 0 N–H and O–H groups in total. The number of rotatable bonds is 4. The molecule has 140 valence electrons. The molecule has 5 heteroatoms. The van der Waals surface area contributed by atoms with Crippen molar-refractivity contribution in [2.45, 2.75) is 13.8 Å². The highest BCUT2D eigenvalue weighted by Gasteiger charge is 2.34. The number of nitrogens with zero attached hydrogens (tertiary/aromatic N) is 1. The molecule has 0 bridgehead atoms. The summed E-state index contributed by atoms with van der Waals surface area (Å²) in [5, 5.41) is 2.15. The quantitative estimate of drug-likeness (QED) is 0.396. The normalized spacial score (nSPS) is 15.6. The van der Waals surface area contributed by atoms with Gasteiger partial charge in [0, 0.05) is 5.56 Å². The molecule has 3 nitrogen and oxygen atoms in total. The van der Waals surface area contributed by atoms with E-state index in [9.17, 15) is 4.79 Å². The van der Waals surface area contributed by atoms with Gasteiger partial charge in [0.05, 0.1) is 17.2 Å². The summed E-state index contributed by atoms with van der Waals surface area (Å²) in [5.41, 5.74) is 2.75. The van der Waals surface area contributed by atoms with Gasteiger partial charge in [0.15, 0.2) is 4.32 Å². The second-order valence-corrected chi connectivity index (χ2v) is 8.11. The monoisotopic (exact) mass is 405 g/mol. The number of para-hydroxylation sites is 1. The minimum Gasteiger partial charge on any atom is -0.493 e. The summed E-state index contributed by atoms with van der Waals surface area (Å²) < 4.78 is 6.38. The van der Waals surface area contributed by atoms with Gasteiger partial charge in [0.2, 0.25) is 0 Å². The van der Waals surface area contributed by atoms with Crippen molar-refractivity contribution in [1.29, 1.82) is 0 Å². The lowest BCUT2D eigenvalue weighted by Crippen LogP contribution is -2.28. The van der Waals surface area contributed by atoms with Gasteiger partial charge in [-0.25, -0.2) is 0 Å². The Morgan fingerprint density at radius 1 is 1.07 bits per heavy atom. The summed E-state index contributed by atoms with van der Waals surface area (Å²) in [6.07, 6.45) is 1.91. The molecule has 0 unspecified atom stereocenters. The van der Waals surface area contributed by atoms with Gasteiger partial charge in [-0.1, -0.05) is 72.5 Å². The highest BCUT2D eigenvalue weighted by atomic mass is 32.2. The molecule has 0 atom stereocenters. The van der Waals surface area contributed by atoms with Crippen molar-refractivity contribution in [2.24, 2.45) is 0 Å². The Morgan fingerprint density at radius 3 is 2.61 bits per heavy atom. The van der Waals surface area contributed by atoms with Crippen molar-refractivity contribution in [2.75, 3.05) is 11.5 Å². The van der Waals surface area contributed by atoms with Crippen LogP contribution in [0.15, 0.2) is 65.6 Å². The number of thioether (sulfide) groups is 1. The van der Waals surface area contributed by atoms with Gasteiger partial charge in [-0.05, 0) is 48.4 Å². The molecule has 28 heavy (non-hydrogen) atoms. The molecule has 1 saturated heterocycles. The highest BCUT2D eigenvalue weighted by Crippen LogP contribution is 2.39. The fraction of sp³-hybridized carbons (Fsp3) is 0.130. The predicted octanol–water partition coefficient (Wildman–Crippen LogP) is 5.95. The van der Waals surface area contributed by atoms with E-state index in [1.54, 1.807) is 4.90 Å².